The lowest BCUT2D eigenvalue weighted by molar-refractivity contribution is -0.0729. The normalized spacial score (nSPS) is 21.0. The van der Waals surface area contributed by atoms with E-state index in [9.17, 15) is 15.0 Å². The smallest absolute Gasteiger partial charge is 0.163 e. The van der Waals surface area contributed by atoms with Crippen molar-refractivity contribution in [3.05, 3.63) is 23.3 Å². The summed E-state index contributed by atoms with van der Waals surface area (Å²) in [7, 11) is 0. The SMILES string of the molecule is CC(=O)c1cc2c(cc1O)O[C@H]([C@@](C)(O)CO)C2. The highest BCUT2D eigenvalue weighted by Gasteiger charge is 2.38. The van der Waals surface area contributed by atoms with E-state index in [-0.39, 0.29) is 17.1 Å². The summed E-state index contributed by atoms with van der Waals surface area (Å²) < 4.78 is 5.50. The lowest BCUT2D eigenvalue weighted by Crippen LogP contribution is -2.45. The van der Waals surface area contributed by atoms with Crippen molar-refractivity contribution in [3.63, 3.8) is 0 Å². The second kappa shape index (κ2) is 4.26. The van der Waals surface area contributed by atoms with Gasteiger partial charge in [-0.1, -0.05) is 0 Å². The van der Waals surface area contributed by atoms with Crippen LogP contribution in [-0.4, -0.2) is 39.4 Å². The van der Waals surface area contributed by atoms with E-state index in [4.69, 9.17) is 9.84 Å². The van der Waals surface area contributed by atoms with Gasteiger partial charge in [-0.2, -0.15) is 0 Å². The number of hydrogen-bond acceptors (Lipinski definition) is 5. The second-order valence-electron chi connectivity index (χ2n) is 4.86. The van der Waals surface area contributed by atoms with Crippen LogP contribution in [0.1, 0.15) is 29.8 Å². The molecule has 5 heteroatoms. The Morgan fingerprint density at radius 2 is 2.22 bits per heavy atom. The van der Waals surface area contributed by atoms with Crippen LogP contribution >= 0.6 is 0 Å². The molecule has 0 saturated carbocycles. The van der Waals surface area contributed by atoms with Crippen LogP contribution in [0.2, 0.25) is 0 Å². The minimum absolute atomic E-state index is 0.134. The number of rotatable bonds is 3. The fraction of sp³-hybridized carbons (Fsp3) is 0.462. The first-order chi connectivity index (χ1) is 8.35. The largest absolute Gasteiger partial charge is 0.507 e. The van der Waals surface area contributed by atoms with Gasteiger partial charge in [-0.25, -0.2) is 0 Å². The highest BCUT2D eigenvalue weighted by atomic mass is 16.5. The molecule has 2 atom stereocenters. The van der Waals surface area contributed by atoms with Crippen molar-refractivity contribution in [1.82, 2.24) is 0 Å². The Labute approximate surface area is 105 Å². The first-order valence-corrected chi connectivity index (χ1v) is 5.72. The molecule has 0 aromatic heterocycles. The number of carbonyl (C=O) groups is 1. The quantitative estimate of drug-likeness (QED) is 0.687. The molecule has 0 aliphatic carbocycles. The van der Waals surface area contributed by atoms with Crippen LogP contribution in [-0.2, 0) is 6.42 Å². The molecule has 1 aromatic carbocycles. The first kappa shape index (κ1) is 12.9. The van der Waals surface area contributed by atoms with Gasteiger partial charge in [-0.15, -0.1) is 0 Å². The van der Waals surface area contributed by atoms with Gasteiger partial charge in [0, 0.05) is 12.5 Å². The molecule has 0 bridgehead atoms. The fourth-order valence-electron chi connectivity index (χ4n) is 2.01. The molecule has 98 valence electrons. The maximum atomic E-state index is 11.3. The van der Waals surface area contributed by atoms with Crippen LogP contribution in [0.4, 0.5) is 0 Å². The van der Waals surface area contributed by atoms with E-state index in [2.05, 4.69) is 0 Å². The lowest BCUT2D eigenvalue weighted by Gasteiger charge is -2.26. The average Bonchev–Trinajstić information content (AvgIpc) is 2.71. The zero-order chi connectivity index (χ0) is 13.5. The first-order valence-electron chi connectivity index (χ1n) is 5.72. The molecule has 1 heterocycles. The van der Waals surface area contributed by atoms with Crippen molar-refractivity contribution in [1.29, 1.82) is 0 Å². The van der Waals surface area contributed by atoms with Gasteiger partial charge >= 0.3 is 0 Å². The number of fused-ring (bicyclic) bond motifs is 1. The third-order valence-electron chi connectivity index (χ3n) is 3.25. The fourth-order valence-corrected chi connectivity index (χ4v) is 2.01. The Morgan fingerprint density at radius 3 is 2.78 bits per heavy atom. The Hall–Kier alpha value is -1.59. The molecule has 2 rings (SSSR count). The summed E-state index contributed by atoms with van der Waals surface area (Å²) in [4.78, 5) is 11.3. The molecule has 1 aliphatic rings. The second-order valence-corrected chi connectivity index (χ2v) is 4.86. The predicted molar refractivity (Wildman–Crippen MR) is 63.9 cm³/mol. The van der Waals surface area contributed by atoms with Gasteiger partial charge in [-0.3, -0.25) is 4.79 Å². The van der Waals surface area contributed by atoms with E-state index >= 15 is 0 Å². The zero-order valence-electron chi connectivity index (χ0n) is 10.3. The number of ketones is 1. The summed E-state index contributed by atoms with van der Waals surface area (Å²) in [5, 5.41) is 28.7. The van der Waals surface area contributed by atoms with Crippen LogP contribution in [0.5, 0.6) is 11.5 Å². The minimum atomic E-state index is -1.36. The molecule has 5 nitrogen and oxygen atoms in total. The van der Waals surface area contributed by atoms with Gasteiger partial charge in [0.1, 0.15) is 23.2 Å². The highest BCUT2D eigenvalue weighted by molar-refractivity contribution is 5.97. The molecule has 18 heavy (non-hydrogen) atoms. The molecule has 3 N–H and O–H groups in total. The van der Waals surface area contributed by atoms with Crippen LogP contribution in [0, 0.1) is 0 Å². The van der Waals surface area contributed by atoms with Gasteiger partial charge in [0.25, 0.3) is 0 Å². The lowest BCUT2D eigenvalue weighted by atomic mass is 9.95. The van der Waals surface area contributed by atoms with Crippen molar-refractivity contribution in [2.24, 2.45) is 0 Å². The molecule has 0 saturated heterocycles. The van der Waals surface area contributed by atoms with Gasteiger partial charge in [0.2, 0.25) is 0 Å². The number of hydrogen-bond donors (Lipinski definition) is 3. The zero-order valence-corrected chi connectivity index (χ0v) is 10.3. The topological polar surface area (TPSA) is 87.0 Å². The van der Waals surface area contributed by atoms with Crippen molar-refractivity contribution < 1.29 is 24.9 Å². The summed E-state index contributed by atoms with van der Waals surface area (Å²) in [6, 6.07) is 2.94. The van der Waals surface area contributed by atoms with Gasteiger partial charge in [0.15, 0.2) is 5.78 Å². The van der Waals surface area contributed by atoms with Gasteiger partial charge in [-0.05, 0) is 25.5 Å². The standard InChI is InChI=1S/C13H16O5/c1-7(15)9-3-8-4-12(13(2,17)6-14)18-11(8)5-10(9)16/h3,5,12,14,16-17H,4,6H2,1-2H3/t12-,13-/m0/s1. The number of ether oxygens (including phenoxy) is 1. The molecular formula is C13H16O5. The number of aliphatic hydroxyl groups excluding tert-OH is 1. The Kier molecular flexibility index (Phi) is 3.04. The molecule has 1 aromatic rings. The number of carbonyl (C=O) groups excluding carboxylic acids is 1. The molecule has 1 aliphatic heterocycles. The molecule has 0 spiro atoms. The molecule has 0 radical (unpaired) electrons. The highest BCUT2D eigenvalue weighted by Crippen LogP contribution is 2.37. The van der Waals surface area contributed by atoms with Crippen molar-refractivity contribution >= 4 is 5.78 Å². The van der Waals surface area contributed by atoms with Crippen LogP contribution in [0.15, 0.2) is 12.1 Å². The van der Waals surface area contributed by atoms with Gasteiger partial charge in [0.05, 0.1) is 12.2 Å². The number of benzene rings is 1. The summed E-state index contributed by atoms with van der Waals surface area (Å²) in [6.45, 7) is 2.44. The molecule has 0 unspecified atom stereocenters. The Bertz CT molecular complexity index is 492. The number of Topliss-reactive ketones (excluding diaryl/α,β-unsaturated/α-hetero) is 1. The summed E-state index contributed by atoms with van der Waals surface area (Å²) in [5.74, 6) is 0.0782. The third kappa shape index (κ3) is 2.07. The van der Waals surface area contributed by atoms with Crippen molar-refractivity contribution in [2.75, 3.05) is 6.61 Å². The number of aromatic hydroxyl groups is 1. The molecule has 0 amide bonds. The Morgan fingerprint density at radius 1 is 1.56 bits per heavy atom. The number of aliphatic hydroxyl groups is 2. The van der Waals surface area contributed by atoms with Crippen LogP contribution in [0.3, 0.4) is 0 Å². The van der Waals surface area contributed by atoms with Gasteiger partial charge < -0.3 is 20.1 Å². The monoisotopic (exact) mass is 252 g/mol. The number of phenolic OH excluding ortho intramolecular Hbond substituents is 1. The Balaban J connectivity index is 2.33. The van der Waals surface area contributed by atoms with Crippen LogP contribution < -0.4 is 4.74 Å². The molecule has 0 fully saturated rings. The minimum Gasteiger partial charge on any atom is -0.507 e. The van der Waals surface area contributed by atoms with E-state index in [1.54, 1.807) is 6.07 Å². The molecular weight excluding hydrogens is 236 g/mol. The maximum absolute atomic E-state index is 11.3. The maximum Gasteiger partial charge on any atom is 0.163 e. The van der Waals surface area contributed by atoms with E-state index in [1.807, 2.05) is 0 Å². The average molecular weight is 252 g/mol. The summed E-state index contributed by atoms with van der Waals surface area (Å²) >= 11 is 0. The predicted octanol–water partition coefficient (Wildman–Crippen LogP) is 0.642. The van der Waals surface area contributed by atoms with E-state index in [0.717, 1.165) is 5.56 Å². The third-order valence-corrected chi connectivity index (χ3v) is 3.25. The summed E-state index contributed by atoms with van der Waals surface area (Å²) in [6.07, 6.45) is -0.192. The number of phenols is 1. The van der Waals surface area contributed by atoms with E-state index < -0.39 is 18.3 Å². The summed E-state index contributed by atoms with van der Waals surface area (Å²) in [5.41, 5.74) is -0.372. The van der Waals surface area contributed by atoms with Crippen LogP contribution in [0.25, 0.3) is 0 Å². The van der Waals surface area contributed by atoms with E-state index in [1.165, 1.54) is 19.9 Å². The van der Waals surface area contributed by atoms with E-state index in [0.29, 0.717) is 12.2 Å². The van der Waals surface area contributed by atoms with Crippen molar-refractivity contribution in [3.8, 4) is 11.5 Å². The van der Waals surface area contributed by atoms with Crippen molar-refractivity contribution in [2.45, 2.75) is 32.0 Å².